The fourth-order valence-corrected chi connectivity index (χ4v) is 2.53. The van der Waals surface area contributed by atoms with Crippen LogP contribution >= 0.6 is 11.6 Å². The van der Waals surface area contributed by atoms with E-state index in [0.717, 1.165) is 6.08 Å². The lowest BCUT2D eigenvalue weighted by Crippen LogP contribution is -2.24. The molecule has 2 aromatic rings. The number of ether oxygens (including phenoxy) is 3. The highest BCUT2D eigenvalue weighted by Gasteiger charge is 2.20. The second-order valence-corrected chi connectivity index (χ2v) is 6.63. The SMILES string of the molecule is COC(=O)/C=C(/Nc1ccc(C(=O)OC(C)C(=O)c2ccc(Cl)cc2)cc1)C(=O)OC. The molecule has 0 radical (unpaired) electrons. The van der Waals surface area contributed by atoms with Gasteiger partial charge >= 0.3 is 17.9 Å². The van der Waals surface area contributed by atoms with Crippen LogP contribution in [0.5, 0.6) is 0 Å². The van der Waals surface area contributed by atoms with Crippen LogP contribution in [0.15, 0.2) is 60.3 Å². The van der Waals surface area contributed by atoms with Gasteiger partial charge in [-0.3, -0.25) is 4.79 Å². The minimum Gasteiger partial charge on any atom is -0.466 e. The molecule has 0 spiro atoms. The van der Waals surface area contributed by atoms with E-state index >= 15 is 0 Å². The van der Waals surface area contributed by atoms with Gasteiger partial charge in [-0.15, -0.1) is 0 Å². The van der Waals surface area contributed by atoms with Crippen molar-refractivity contribution in [3.8, 4) is 0 Å². The summed E-state index contributed by atoms with van der Waals surface area (Å²) >= 11 is 5.81. The summed E-state index contributed by atoms with van der Waals surface area (Å²) in [6.07, 6.45) is -0.0571. The van der Waals surface area contributed by atoms with Crippen LogP contribution in [-0.4, -0.2) is 44.0 Å². The summed E-state index contributed by atoms with van der Waals surface area (Å²) in [7, 11) is 2.34. The lowest BCUT2D eigenvalue weighted by molar-refractivity contribution is -0.138. The highest BCUT2D eigenvalue weighted by Crippen LogP contribution is 2.16. The van der Waals surface area contributed by atoms with E-state index in [1.807, 2.05) is 0 Å². The molecule has 1 N–H and O–H groups in total. The van der Waals surface area contributed by atoms with E-state index in [-0.39, 0.29) is 17.0 Å². The molecule has 162 valence electrons. The molecular formula is C22H20ClNO7. The Hall–Kier alpha value is -3.65. The van der Waals surface area contributed by atoms with E-state index in [1.165, 1.54) is 45.4 Å². The monoisotopic (exact) mass is 445 g/mol. The van der Waals surface area contributed by atoms with Gasteiger partial charge in [0.05, 0.1) is 25.9 Å². The van der Waals surface area contributed by atoms with Crippen molar-refractivity contribution < 1.29 is 33.4 Å². The van der Waals surface area contributed by atoms with Crippen LogP contribution in [0.1, 0.15) is 27.6 Å². The van der Waals surface area contributed by atoms with Gasteiger partial charge in [0.2, 0.25) is 5.78 Å². The Kier molecular flexibility index (Phi) is 8.33. The Labute approximate surface area is 183 Å². The second-order valence-electron chi connectivity index (χ2n) is 6.19. The third-order valence-electron chi connectivity index (χ3n) is 4.05. The van der Waals surface area contributed by atoms with E-state index in [1.54, 1.807) is 24.3 Å². The number of benzene rings is 2. The van der Waals surface area contributed by atoms with Gasteiger partial charge in [-0.05, 0) is 55.5 Å². The number of hydrogen-bond donors (Lipinski definition) is 1. The molecule has 0 aliphatic carbocycles. The Morgan fingerprint density at radius 2 is 1.48 bits per heavy atom. The first kappa shape index (κ1) is 23.6. The topological polar surface area (TPSA) is 108 Å². The van der Waals surface area contributed by atoms with Crippen molar-refractivity contribution in [1.82, 2.24) is 0 Å². The number of hydrogen-bond acceptors (Lipinski definition) is 8. The zero-order chi connectivity index (χ0) is 23.0. The number of esters is 3. The van der Waals surface area contributed by atoms with Crippen molar-refractivity contribution in [2.45, 2.75) is 13.0 Å². The van der Waals surface area contributed by atoms with Crippen LogP contribution < -0.4 is 5.32 Å². The largest absolute Gasteiger partial charge is 0.466 e. The third kappa shape index (κ3) is 6.68. The smallest absolute Gasteiger partial charge is 0.354 e. The maximum atomic E-state index is 12.4. The van der Waals surface area contributed by atoms with Gasteiger partial charge in [-0.25, -0.2) is 14.4 Å². The molecule has 0 aliphatic heterocycles. The van der Waals surface area contributed by atoms with Gasteiger partial charge in [0.25, 0.3) is 0 Å². The fraction of sp³-hybridized carbons (Fsp3) is 0.182. The van der Waals surface area contributed by atoms with Crippen LogP contribution in [0.4, 0.5) is 5.69 Å². The van der Waals surface area contributed by atoms with Crippen molar-refractivity contribution in [2.75, 3.05) is 19.5 Å². The molecule has 0 heterocycles. The van der Waals surface area contributed by atoms with E-state index < -0.39 is 24.0 Å². The molecule has 2 rings (SSSR count). The molecule has 0 bridgehead atoms. The molecule has 9 heteroatoms. The maximum absolute atomic E-state index is 12.4. The number of ketones is 1. The van der Waals surface area contributed by atoms with Crippen molar-refractivity contribution in [1.29, 1.82) is 0 Å². The first-order valence-electron chi connectivity index (χ1n) is 9.01. The van der Waals surface area contributed by atoms with Crippen LogP contribution in [0.3, 0.4) is 0 Å². The Bertz CT molecular complexity index is 998. The molecule has 31 heavy (non-hydrogen) atoms. The van der Waals surface area contributed by atoms with Crippen molar-refractivity contribution in [2.24, 2.45) is 0 Å². The summed E-state index contributed by atoms with van der Waals surface area (Å²) in [5, 5.41) is 3.21. The first-order chi connectivity index (χ1) is 14.7. The molecule has 0 aromatic heterocycles. The van der Waals surface area contributed by atoms with Gasteiger partial charge in [0, 0.05) is 16.3 Å². The molecule has 2 aromatic carbocycles. The minimum absolute atomic E-state index is 0.146. The quantitative estimate of drug-likeness (QED) is 0.285. The Morgan fingerprint density at radius 1 is 0.903 bits per heavy atom. The van der Waals surface area contributed by atoms with Crippen LogP contribution in [-0.2, 0) is 23.8 Å². The minimum atomic E-state index is -1.000. The molecule has 0 aliphatic rings. The normalized spacial score (nSPS) is 11.8. The van der Waals surface area contributed by atoms with Crippen LogP contribution in [0, 0.1) is 0 Å². The van der Waals surface area contributed by atoms with Crippen molar-refractivity contribution in [3.63, 3.8) is 0 Å². The summed E-state index contributed by atoms with van der Waals surface area (Å²) in [4.78, 5) is 47.9. The van der Waals surface area contributed by atoms with Gasteiger partial charge in [-0.1, -0.05) is 11.6 Å². The molecule has 1 atom stereocenters. The number of methoxy groups -OCH3 is 2. The highest BCUT2D eigenvalue weighted by atomic mass is 35.5. The lowest BCUT2D eigenvalue weighted by atomic mass is 10.1. The van der Waals surface area contributed by atoms with Crippen LogP contribution in [0.25, 0.3) is 0 Å². The average molecular weight is 446 g/mol. The standard InChI is InChI=1S/C22H20ClNO7/c1-13(20(26)14-4-8-16(23)9-5-14)31-21(27)15-6-10-17(11-7-15)24-18(22(28)30-3)12-19(25)29-2/h4-13,24H,1-3H3/b18-12+. The van der Waals surface area contributed by atoms with Gasteiger partial charge < -0.3 is 19.5 Å². The Morgan fingerprint density at radius 3 is 2.03 bits per heavy atom. The number of halogens is 1. The molecule has 0 fully saturated rings. The predicted octanol–water partition coefficient (Wildman–Crippen LogP) is 3.41. The molecule has 1 unspecified atom stereocenters. The second kappa shape index (κ2) is 10.9. The number of Topliss-reactive ketones (excluding diaryl/α,β-unsaturated/α-hetero) is 1. The molecule has 8 nitrogen and oxygen atoms in total. The van der Waals surface area contributed by atoms with Crippen LogP contribution in [0.2, 0.25) is 5.02 Å². The van der Waals surface area contributed by atoms with Gasteiger partial charge in [0.15, 0.2) is 6.10 Å². The van der Waals surface area contributed by atoms with E-state index in [2.05, 4.69) is 14.8 Å². The zero-order valence-corrected chi connectivity index (χ0v) is 17.8. The van der Waals surface area contributed by atoms with E-state index in [9.17, 15) is 19.2 Å². The van der Waals surface area contributed by atoms with Gasteiger partial charge in [0.1, 0.15) is 5.70 Å². The molecule has 0 saturated carbocycles. The molecule has 0 saturated heterocycles. The average Bonchev–Trinajstić information content (AvgIpc) is 2.78. The number of nitrogens with one attached hydrogen (secondary N) is 1. The number of carbonyl (C=O) groups is 4. The summed E-state index contributed by atoms with van der Waals surface area (Å²) in [5.74, 6) is -2.57. The summed E-state index contributed by atoms with van der Waals surface area (Å²) in [6, 6.07) is 12.1. The number of carbonyl (C=O) groups excluding carboxylic acids is 4. The van der Waals surface area contributed by atoms with Crippen molar-refractivity contribution >= 4 is 41.0 Å². The first-order valence-corrected chi connectivity index (χ1v) is 9.38. The maximum Gasteiger partial charge on any atom is 0.354 e. The molecular weight excluding hydrogens is 426 g/mol. The Balaban J connectivity index is 2.06. The summed E-state index contributed by atoms with van der Waals surface area (Å²) in [5.41, 5.74) is 0.823. The van der Waals surface area contributed by atoms with E-state index in [4.69, 9.17) is 16.3 Å². The fourth-order valence-electron chi connectivity index (χ4n) is 2.41. The van der Waals surface area contributed by atoms with Crippen molar-refractivity contribution in [3.05, 3.63) is 76.5 Å². The third-order valence-corrected chi connectivity index (χ3v) is 4.30. The predicted molar refractivity (Wildman–Crippen MR) is 113 cm³/mol. The molecule has 0 amide bonds. The zero-order valence-electron chi connectivity index (χ0n) is 17.0. The van der Waals surface area contributed by atoms with E-state index in [0.29, 0.717) is 16.3 Å². The summed E-state index contributed by atoms with van der Waals surface area (Å²) < 4.78 is 14.3. The van der Waals surface area contributed by atoms with Gasteiger partial charge in [-0.2, -0.15) is 0 Å². The highest BCUT2D eigenvalue weighted by molar-refractivity contribution is 6.30. The number of rotatable bonds is 8. The summed E-state index contributed by atoms with van der Waals surface area (Å²) in [6.45, 7) is 1.48. The number of anilines is 1. The lowest BCUT2D eigenvalue weighted by Gasteiger charge is -2.13.